The summed E-state index contributed by atoms with van der Waals surface area (Å²) in [7, 11) is 1.54. The Bertz CT molecular complexity index is 569. The van der Waals surface area contributed by atoms with Crippen molar-refractivity contribution >= 4 is 34.8 Å². The zero-order valence-corrected chi connectivity index (χ0v) is 11.5. The van der Waals surface area contributed by atoms with Crippen molar-refractivity contribution in [2.24, 2.45) is 5.10 Å². The van der Waals surface area contributed by atoms with Crippen molar-refractivity contribution < 1.29 is 9.59 Å². The summed E-state index contributed by atoms with van der Waals surface area (Å²) in [6, 6.07) is 5.28. The van der Waals surface area contributed by atoms with E-state index in [9.17, 15) is 9.59 Å². The third kappa shape index (κ3) is 3.12. The Hall–Kier alpha value is -1.88. The van der Waals surface area contributed by atoms with E-state index in [1.54, 1.807) is 19.2 Å². The number of nitrogens with zero attached hydrogens (tertiary/aromatic N) is 2. The van der Waals surface area contributed by atoms with E-state index in [2.05, 4.69) is 10.4 Å². The summed E-state index contributed by atoms with van der Waals surface area (Å²) in [6.45, 7) is 1.88. The van der Waals surface area contributed by atoms with Gasteiger partial charge in [0.05, 0.1) is 0 Å². The van der Waals surface area contributed by atoms with E-state index in [1.165, 1.54) is 5.01 Å². The highest BCUT2D eigenvalue weighted by Crippen LogP contribution is 2.20. The topological polar surface area (TPSA) is 61.8 Å². The summed E-state index contributed by atoms with van der Waals surface area (Å²) in [4.78, 5) is 23.3. The Kier molecular flexibility index (Phi) is 3.85. The summed E-state index contributed by atoms with van der Waals surface area (Å²) in [5, 5.41) is 8.48. The predicted molar refractivity (Wildman–Crippen MR) is 74.3 cm³/mol. The molecule has 1 aromatic carbocycles. The monoisotopic (exact) mass is 279 g/mol. The minimum Gasteiger partial charge on any atom is -0.321 e. The molecule has 0 saturated carbocycles. The number of benzene rings is 1. The zero-order chi connectivity index (χ0) is 14.0. The lowest BCUT2D eigenvalue weighted by Gasteiger charge is -2.19. The van der Waals surface area contributed by atoms with E-state index < -0.39 is 0 Å². The molecule has 6 heteroatoms. The first-order chi connectivity index (χ1) is 8.97. The first-order valence-electron chi connectivity index (χ1n) is 5.89. The van der Waals surface area contributed by atoms with Crippen LogP contribution in [-0.2, 0) is 9.59 Å². The molecule has 19 heavy (non-hydrogen) atoms. The van der Waals surface area contributed by atoms with Gasteiger partial charge < -0.3 is 5.32 Å². The largest absolute Gasteiger partial charge is 0.321 e. The number of halogens is 1. The van der Waals surface area contributed by atoms with Crippen LogP contribution < -0.4 is 5.32 Å². The molecule has 0 atom stereocenters. The van der Waals surface area contributed by atoms with E-state index in [0.717, 1.165) is 5.56 Å². The van der Waals surface area contributed by atoms with Gasteiger partial charge in [-0.3, -0.25) is 9.59 Å². The zero-order valence-electron chi connectivity index (χ0n) is 10.7. The van der Waals surface area contributed by atoms with Crippen LogP contribution in [0.25, 0.3) is 0 Å². The van der Waals surface area contributed by atoms with E-state index >= 15 is 0 Å². The van der Waals surface area contributed by atoms with Gasteiger partial charge >= 0.3 is 0 Å². The van der Waals surface area contributed by atoms with E-state index in [-0.39, 0.29) is 11.8 Å². The average Bonchev–Trinajstić information content (AvgIpc) is 2.37. The second-order valence-electron chi connectivity index (χ2n) is 4.38. The molecular formula is C13H14ClN3O2. The number of hydrogen-bond acceptors (Lipinski definition) is 3. The van der Waals surface area contributed by atoms with Crippen molar-refractivity contribution in [2.45, 2.75) is 19.8 Å². The van der Waals surface area contributed by atoms with Gasteiger partial charge in [0.2, 0.25) is 5.91 Å². The van der Waals surface area contributed by atoms with Gasteiger partial charge in [-0.05, 0) is 24.6 Å². The van der Waals surface area contributed by atoms with Crippen LogP contribution >= 0.6 is 11.6 Å². The van der Waals surface area contributed by atoms with Gasteiger partial charge in [-0.1, -0.05) is 17.7 Å². The summed E-state index contributed by atoms with van der Waals surface area (Å²) < 4.78 is 0. The second kappa shape index (κ2) is 5.40. The summed E-state index contributed by atoms with van der Waals surface area (Å²) in [5.41, 5.74) is 1.92. The maximum atomic E-state index is 12.1. The number of rotatable bonds is 2. The van der Waals surface area contributed by atoms with E-state index in [0.29, 0.717) is 29.3 Å². The third-order valence-corrected chi connectivity index (χ3v) is 3.15. The Labute approximate surface area is 116 Å². The van der Waals surface area contributed by atoms with Crippen LogP contribution in [0.2, 0.25) is 5.02 Å². The highest BCUT2D eigenvalue weighted by atomic mass is 35.5. The molecule has 1 aromatic rings. The first kappa shape index (κ1) is 13.5. The molecule has 0 bridgehead atoms. The molecule has 5 nitrogen and oxygen atoms in total. The Morgan fingerprint density at radius 3 is 2.84 bits per heavy atom. The number of hydrazone groups is 1. The fraction of sp³-hybridized carbons (Fsp3) is 0.308. The van der Waals surface area contributed by atoms with Crippen molar-refractivity contribution in [1.29, 1.82) is 0 Å². The lowest BCUT2D eigenvalue weighted by atomic mass is 10.1. The van der Waals surface area contributed by atoms with E-state index in [4.69, 9.17) is 11.6 Å². The molecule has 100 valence electrons. The maximum absolute atomic E-state index is 12.1. The predicted octanol–water partition coefficient (Wildman–Crippen LogP) is 2.20. The second-order valence-corrected chi connectivity index (χ2v) is 4.81. The SMILES string of the molecule is Cc1ccc(Cl)cc1NC(=O)C1=NN(C)C(=O)CC1. The molecule has 1 N–H and O–H groups in total. The summed E-state index contributed by atoms with van der Waals surface area (Å²) in [5.74, 6) is -0.389. The Balaban J connectivity index is 2.15. The van der Waals surface area contributed by atoms with E-state index in [1.807, 2.05) is 13.0 Å². The standard InChI is InChI=1S/C13H14ClN3O2/c1-8-3-4-9(14)7-11(8)15-13(19)10-5-6-12(18)17(2)16-10/h3-4,7H,5-6H2,1-2H3,(H,15,19). The van der Waals surface area contributed by atoms with Crippen molar-refractivity contribution in [3.05, 3.63) is 28.8 Å². The highest BCUT2D eigenvalue weighted by molar-refractivity contribution is 6.43. The van der Waals surface area contributed by atoms with Crippen molar-refractivity contribution in [1.82, 2.24) is 5.01 Å². The van der Waals surface area contributed by atoms with Gasteiger partial charge in [0, 0.05) is 30.6 Å². The minimum absolute atomic E-state index is 0.0875. The average molecular weight is 280 g/mol. The number of carbonyl (C=O) groups is 2. The molecule has 0 aromatic heterocycles. The normalized spacial score (nSPS) is 15.2. The van der Waals surface area contributed by atoms with Gasteiger partial charge in [0.1, 0.15) is 5.71 Å². The van der Waals surface area contributed by atoms with Crippen LogP contribution in [-0.4, -0.2) is 29.6 Å². The number of anilines is 1. The van der Waals surface area contributed by atoms with Crippen molar-refractivity contribution in [3.8, 4) is 0 Å². The molecule has 0 aliphatic carbocycles. The Morgan fingerprint density at radius 1 is 1.42 bits per heavy atom. The molecule has 0 radical (unpaired) electrons. The number of nitrogens with one attached hydrogen (secondary N) is 1. The van der Waals surface area contributed by atoms with Crippen LogP contribution in [0.5, 0.6) is 0 Å². The lowest BCUT2D eigenvalue weighted by molar-refractivity contribution is -0.130. The number of aryl methyl sites for hydroxylation is 1. The van der Waals surface area contributed by atoms with Gasteiger partial charge in [-0.15, -0.1) is 0 Å². The molecule has 1 heterocycles. The van der Waals surface area contributed by atoms with Crippen LogP contribution in [0, 0.1) is 6.92 Å². The summed E-state index contributed by atoms with van der Waals surface area (Å²) in [6.07, 6.45) is 0.659. The fourth-order valence-corrected chi connectivity index (χ4v) is 1.93. The van der Waals surface area contributed by atoms with Gasteiger partial charge in [-0.2, -0.15) is 5.10 Å². The van der Waals surface area contributed by atoms with Gasteiger partial charge in [-0.25, -0.2) is 5.01 Å². The minimum atomic E-state index is -0.301. The van der Waals surface area contributed by atoms with Gasteiger partial charge in [0.25, 0.3) is 5.91 Å². The Morgan fingerprint density at radius 2 is 2.16 bits per heavy atom. The number of carbonyl (C=O) groups excluding carboxylic acids is 2. The van der Waals surface area contributed by atoms with Crippen molar-refractivity contribution in [2.75, 3.05) is 12.4 Å². The maximum Gasteiger partial charge on any atom is 0.271 e. The molecule has 1 aliphatic heterocycles. The number of amides is 2. The number of hydrogen-bond donors (Lipinski definition) is 1. The molecule has 2 rings (SSSR count). The molecular weight excluding hydrogens is 266 g/mol. The van der Waals surface area contributed by atoms with Gasteiger partial charge in [0.15, 0.2) is 0 Å². The molecule has 1 aliphatic rings. The fourth-order valence-electron chi connectivity index (χ4n) is 1.76. The molecule has 0 saturated heterocycles. The smallest absolute Gasteiger partial charge is 0.271 e. The molecule has 0 unspecified atom stereocenters. The third-order valence-electron chi connectivity index (χ3n) is 2.92. The molecule has 2 amide bonds. The summed E-state index contributed by atoms with van der Waals surface area (Å²) >= 11 is 5.89. The first-order valence-corrected chi connectivity index (χ1v) is 6.26. The highest BCUT2D eigenvalue weighted by Gasteiger charge is 2.22. The lowest BCUT2D eigenvalue weighted by Crippen LogP contribution is -2.34. The van der Waals surface area contributed by atoms with Crippen molar-refractivity contribution in [3.63, 3.8) is 0 Å². The van der Waals surface area contributed by atoms with Crippen LogP contribution in [0.1, 0.15) is 18.4 Å². The molecule has 0 spiro atoms. The van der Waals surface area contributed by atoms with Crippen LogP contribution in [0.15, 0.2) is 23.3 Å². The van der Waals surface area contributed by atoms with Crippen LogP contribution in [0.3, 0.4) is 0 Å². The molecule has 0 fully saturated rings. The quantitative estimate of drug-likeness (QED) is 0.902. The van der Waals surface area contributed by atoms with Crippen LogP contribution in [0.4, 0.5) is 5.69 Å².